The highest BCUT2D eigenvalue weighted by atomic mass is 31.2. The van der Waals surface area contributed by atoms with Gasteiger partial charge in [0.05, 0.1) is 26.4 Å². The molecule has 0 aromatic heterocycles. The minimum absolute atomic E-state index is 0.106. The van der Waals surface area contributed by atoms with Crippen molar-refractivity contribution in [1.82, 2.24) is 0 Å². The van der Waals surface area contributed by atoms with E-state index in [4.69, 9.17) is 37.0 Å². The zero-order valence-electron chi connectivity index (χ0n) is 61.6. The summed E-state index contributed by atoms with van der Waals surface area (Å²) in [7, 11) is -9.91. The molecule has 94 heavy (non-hydrogen) atoms. The standard InChI is InChI=1S/C75H146O17P2/c1-9-68(8)54-46-38-30-22-18-19-23-31-39-47-55-72(77)85-61-70(91-75(80)58-50-42-33-25-17-13-15-21-28-36-44-52-66(4)5)63-89-93(81,82)87-59-69(76)60-88-94(83,84)90-64-71(62-86-73(78)56-48-40-34-26-29-37-45-53-67(6)7)92-74(79)57-49-41-32-24-16-12-10-11-14-20-27-35-43-51-65(2)3/h65-71,76H,9-64H2,1-8H3,(H,81,82)(H,83,84)/t68?,69?,70-,71-/m1/s1. The number of esters is 4. The van der Waals surface area contributed by atoms with E-state index in [1.54, 1.807) is 0 Å². The van der Waals surface area contributed by atoms with Gasteiger partial charge in [-0.15, -0.1) is 0 Å². The Balaban J connectivity index is 5.26. The smallest absolute Gasteiger partial charge is 0.462 e. The molecule has 3 N–H and O–H groups in total. The van der Waals surface area contributed by atoms with E-state index in [0.717, 1.165) is 114 Å². The number of hydrogen-bond donors (Lipinski definition) is 3. The van der Waals surface area contributed by atoms with Crippen LogP contribution in [0.25, 0.3) is 0 Å². The number of phosphoric acid groups is 2. The lowest BCUT2D eigenvalue weighted by Gasteiger charge is -2.21. The van der Waals surface area contributed by atoms with E-state index in [9.17, 15) is 43.2 Å². The van der Waals surface area contributed by atoms with Crippen LogP contribution in [0.5, 0.6) is 0 Å². The molecule has 0 fully saturated rings. The number of ether oxygens (including phenoxy) is 4. The molecule has 0 aromatic rings. The maximum Gasteiger partial charge on any atom is 0.472 e. The normalized spacial score (nSPS) is 14.4. The van der Waals surface area contributed by atoms with Gasteiger partial charge >= 0.3 is 39.5 Å². The van der Waals surface area contributed by atoms with E-state index in [1.807, 2.05) is 0 Å². The lowest BCUT2D eigenvalue weighted by Crippen LogP contribution is -2.30. The second-order valence-corrected chi connectivity index (χ2v) is 31.6. The maximum atomic E-state index is 13.1. The average molecular weight is 1380 g/mol. The van der Waals surface area contributed by atoms with Crippen molar-refractivity contribution in [3.63, 3.8) is 0 Å². The molecule has 0 amide bonds. The third kappa shape index (κ3) is 67.3. The first-order valence-electron chi connectivity index (χ1n) is 38.7. The first-order valence-corrected chi connectivity index (χ1v) is 41.7. The maximum absolute atomic E-state index is 13.1. The highest BCUT2D eigenvalue weighted by Gasteiger charge is 2.30. The van der Waals surface area contributed by atoms with Gasteiger partial charge in [0.1, 0.15) is 19.3 Å². The number of carbonyl (C=O) groups excluding carboxylic acids is 4. The summed E-state index contributed by atoms with van der Waals surface area (Å²) >= 11 is 0. The van der Waals surface area contributed by atoms with Crippen LogP contribution in [0.4, 0.5) is 0 Å². The summed E-state index contributed by atoms with van der Waals surface area (Å²) in [6.45, 7) is 14.2. The van der Waals surface area contributed by atoms with Crippen LogP contribution in [0.15, 0.2) is 0 Å². The second-order valence-electron chi connectivity index (χ2n) is 28.7. The highest BCUT2D eigenvalue weighted by Crippen LogP contribution is 2.45. The first kappa shape index (κ1) is 92.1. The molecule has 6 atom stereocenters. The number of carbonyl (C=O) groups is 4. The average Bonchev–Trinajstić information content (AvgIpc) is 1.79. The molecule has 19 heteroatoms. The fourth-order valence-electron chi connectivity index (χ4n) is 11.3. The van der Waals surface area contributed by atoms with Crippen molar-refractivity contribution in [3.05, 3.63) is 0 Å². The van der Waals surface area contributed by atoms with Crippen molar-refractivity contribution in [3.8, 4) is 0 Å². The van der Waals surface area contributed by atoms with E-state index < -0.39 is 97.5 Å². The lowest BCUT2D eigenvalue weighted by atomic mass is 9.99. The monoisotopic (exact) mass is 1380 g/mol. The van der Waals surface area contributed by atoms with Crippen molar-refractivity contribution in [2.45, 2.75) is 395 Å². The third-order valence-electron chi connectivity index (χ3n) is 17.7. The Morgan fingerprint density at radius 1 is 0.298 bits per heavy atom. The van der Waals surface area contributed by atoms with Crippen LogP contribution in [0, 0.1) is 23.7 Å². The molecule has 0 bridgehead atoms. The number of unbranched alkanes of at least 4 members (excludes halogenated alkanes) is 37. The molecule has 0 radical (unpaired) electrons. The number of hydrogen-bond acceptors (Lipinski definition) is 15. The Kier molecular flexibility index (Phi) is 63.1. The largest absolute Gasteiger partial charge is 0.472 e. The minimum atomic E-state index is -4.96. The lowest BCUT2D eigenvalue weighted by molar-refractivity contribution is -0.161. The Hall–Kier alpha value is -1.94. The van der Waals surface area contributed by atoms with Gasteiger partial charge in [0.15, 0.2) is 12.2 Å². The molecular formula is C75H146O17P2. The molecule has 0 rings (SSSR count). The molecule has 4 unspecified atom stereocenters. The summed E-state index contributed by atoms with van der Waals surface area (Å²) in [6, 6.07) is 0. The molecule has 0 saturated carbocycles. The fraction of sp³-hybridized carbons (Fsp3) is 0.947. The Bertz CT molecular complexity index is 1850. The van der Waals surface area contributed by atoms with Gasteiger partial charge in [0, 0.05) is 25.7 Å². The van der Waals surface area contributed by atoms with E-state index in [2.05, 4.69) is 55.4 Å². The quantitative estimate of drug-likeness (QED) is 0.0222. The molecule has 558 valence electrons. The van der Waals surface area contributed by atoms with Crippen LogP contribution in [0.3, 0.4) is 0 Å². The summed E-state index contributed by atoms with van der Waals surface area (Å²) in [5.41, 5.74) is 0. The van der Waals surface area contributed by atoms with Gasteiger partial charge < -0.3 is 33.8 Å². The SMILES string of the molecule is CCC(C)CCCCCCCCCCCCC(=O)OC[C@H](COP(=O)(O)OCC(O)COP(=O)(O)OC[C@@H](COC(=O)CCCCCCCCCC(C)C)OC(=O)CCCCCCCCCCCCCCCC(C)C)OC(=O)CCCCCCCCCCCCCC(C)C. The number of aliphatic hydroxyl groups excluding tert-OH is 1. The molecular weight excluding hydrogens is 1230 g/mol. The van der Waals surface area contributed by atoms with Gasteiger partial charge in [-0.3, -0.25) is 37.3 Å². The highest BCUT2D eigenvalue weighted by molar-refractivity contribution is 7.47. The Morgan fingerprint density at radius 2 is 0.511 bits per heavy atom. The van der Waals surface area contributed by atoms with Gasteiger partial charge in [-0.1, -0.05) is 325 Å². The van der Waals surface area contributed by atoms with Crippen molar-refractivity contribution in [2.75, 3.05) is 39.6 Å². The molecule has 0 saturated heterocycles. The molecule has 17 nitrogen and oxygen atoms in total. The Morgan fingerprint density at radius 3 is 0.755 bits per heavy atom. The summed E-state index contributed by atoms with van der Waals surface area (Å²) in [5.74, 6) is 0.944. The predicted octanol–water partition coefficient (Wildman–Crippen LogP) is 21.7. The van der Waals surface area contributed by atoms with Crippen molar-refractivity contribution >= 4 is 39.5 Å². The van der Waals surface area contributed by atoms with E-state index in [-0.39, 0.29) is 25.7 Å². The fourth-order valence-corrected chi connectivity index (χ4v) is 12.9. The predicted molar refractivity (Wildman–Crippen MR) is 381 cm³/mol. The summed E-state index contributed by atoms with van der Waals surface area (Å²) < 4.78 is 68.5. The summed E-state index contributed by atoms with van der Waals surface area (Å²) in [5, 5.41) is 10.6. The Labute approximate surface area is 575 Å². The number of phosphoric ester groups is 2. The van der Waals surface area contributed by atoms with E-state index >= 15 is 0 Å². The van der Waals surface area contributed by atoms with Gasteiger partial charge in [-0.2, -0.15) is 0 Å². The van der Waals surface area contributed by atoms with Crippen molar-refractivity contribution in [1.29, 1.82) is 0 Å². The third-order valence-corrected chi connectivity index (χ3v) is 19.6. The van der Waals surface area contributed by atoms with Crippen molar-refractivity contribution < 1.29 is 80.2 Å². The van der Waals surface area contributed by atoms with Crippen LogP contribution in [-0.4, -0.2) is 96.7 Å². The van der Waals surface area contributed by atoms with Crippen LogP contribution in [-0.2, 0) is 65.4 Å². The van der Waals surface area contributed by atoms with Gasteiger partial charge in [0.25, 0.3) is 0 Å². The molecule has 0 aliphatic rings. The molecule has 0 spiro atoms. The topological polar surface area (TPSA) is 237 Å². The van der Waals surface area contributed by atoms with Crippen LogP contribution >= 0.6 is 15.6 Å². The van der Waals surface area contributed by atoms with Crippen LogP contribution in [0.2, 0.25) is 0 Å². The van der Waals surface area contributed by atoms with Crippen molar-refractivity contribution in [2.24, 2.45) is 23.7 Å². The van der Waals surface area contributed by atoms with Gasteiger partial charge in [-0.05, 0) is 49.4 Å². The number of aliphatic hydroxyl groups is 1. The molecule has 0 heterocycles. The van der Waals surface area contributed by atoms with Crippen LogP contribution in [0.1, 0.15) is 376 Å². The minimum Gasteiger partial charge on any atom is -0.462 e. The van der Waals surface area contributed by atoms with E-state index in [1.165, 1.54) is 173 Å². The van der Waals surface area contributed by atoms with Gasteiger partial charge in [0.2, 0.25) is 0 Å². The summed E-state index contributed by atoms with van der Waals surface area (Å²) in [6.07, 6.45) is 48.5. The van der Waals surface area contributed by atoms with Gasteiger partial charge in [-0.25, -0.2) is 9.13 Å². The zero-order chi connectivity index (χ0) is 69.6. The van der Waals surface area contributed by atoms with E-state index in [0.29, 0.717) is 31.6 Å². The van der Waals surface area contributed by atoms with Crippen LogP contribution < -0.4 is 0 Å². The molecule has 0 aliphatic carbocycles. The first-order chi connectivity index (χ1) is 45.1. The second kappa shape index (κ2) is 64.4. The zero-order valence-corrected chi connectivity index (χ0v) is 63.4. The molecule has 0 aliphatic heterocycles. The molecule has 0 aromatic carbocycles. The summed E-state index contributed by atoms with van der Waals surface area (Å²) in [4.78, 5) is 72.8. The number of rotatable bonds is 72.